The van der Waals surface area contributed by atoms with E-state index >= 15 is 0 Å². The van der Waals surface area contributed by atoms with Crippen LogP contribution in [-0.4, -0.2) is 39.0 Å². The van der Waals surface area contributed by atoms with Gasteiger partial charge in [-0.05, 0) is 25.0 Å². The van der Waals surface area contributed by atoms with Crippen molar-refractivity contribution in [1.29, 1.82) is 0 Å². The molecule has 1 unspecified atom stereocenters. The summed E-state index contributed by atoms with van der Waals surface area (Å²) < 4.78 is 5.17. The predicted molar refractivity (Wildman–Crippen MR) is 75.8 cm³/mol. The monoisotopic (exact) mass is 286 g/mol. The molecule has 2 aromatic rings. The Bertz CT molecular complexity index is 611. The Morgan fingerprint density at radius 1 is 1.48 bits per heavy atom. The highest BCUT2D eigenvalue weighted by Crippen LogP contribution is 2.25. The summed E-state index contributed by atoms with van der Waals surface area (Å²) in [5.74, 6) is 1.48. The van der Waals surface area contributed by atoms with Gasteiger partial charge in [0.05, 0.1) is 0 Å². The van der Waals surface area contributed by atoms with E-state index in [1.807, 2.05) is 17.9 Å². The molecule has 0 spiro atoms. The lowest BCUT2D eigenvalue weighted by molar-refractivity contribution is 0.0697. The van der Waals surface area contributed by atoms with E-state index in [1.165, 1.54) is 0 Å². The predicted octanol–water partition coefficient (Wildman–Crippen LogP) is 2.05. The summed E-state index contributed by atoms with van der Waals surface area (Å²) in [6.45, 7) is 3.36. The zero-order valence-corrected chi connectivity index (χ0v) is 12.0. The molecular weight excluding hydrogens is 268 g/mol. The van der Waals surface area contributed by atoms with Gasteiger partial charge in [0.15, 0.2) is 5.82 Å². The van der Waals surface area contributed by atoms with Crippen LogP contribution < -0.4 is 0 Å². The first kappa shape index (κ1) is 13.7. The van der Waals surface area contributed by atoms with Crippen molar-refractivity contribution < 1.29 is 9.32 Å². The third-order valence-corrected chi connectivity index (χ3v) is 3.74. The Hall–Kier alpha value is -2.24. The Balaban J connectivity index is 1.72. The second-order valence-corrected chi connectivity index (χ2v) is 5.21. The van der Waals surface area contributed by atoms with Gasteiger partial charge in [0.25, 0.3) is 5.91 Å². The fourth-order valence-corrected chi connectivity index (χ4v) is 2.60. The van der Waals surface area contributed by atoms with Gasteiger partial charge >= 0.3 is 0 Å². The average Bonchev–Trinajstić information content (AvgIpc) is 3.04. The lowest BCUT2D eigenvalue weighted by atomic mass is 9.97. The molecular formula is C15H18N4O2. The van der Waals surface area contributed by atoms with Crippen molar-refractivity contribution in [2.45, 2.75) is 32.1 Å². The van der Waals surface area contributed by atoms with Gasteiger partial charge < -0.3 is 9.42 Å². The number of hydrogen-bond donors (Lipinski definition) is 0. The maximum atomic E-state index is 12.4. The fraction of sp³-hybridized carbons (Fsp3) is 0.467. The van der Waals surface area contributed by atoms with Crippen LogP contribution in [0.15, 0.2) is 28.9 Å². The molecule has 6 nitrogen and oxygen atoms in total. The van der Waals surface area contributed by atoms with Gasteiger partial charge in [0.1, 0.15) is 5.69 Å². The number of carbonyl (C=O) groups is 1. The second kappa shape index (κ2) is 6.03. The van der Waals surface area contributed by atoms with E-state index in [-0.39, 0.29) is 11.8 Å². The van der Waals surface area contributed by atoms with E-state index in [0.29, 0.717) is 24.0 Å². The van der Waals surface area contributed by atoms with Crippen LogP contribution in [0.4, 0.5) is 0 Å². The van der Waals surface area contributed by atoms with Crippen LogP contribution >= 0.6 is 0 Å². The van der Waals surface area contributed by atoms with E-state index in [1.54, 1.807) is 18.3 Å². The van der Waals surface area contributed by atoms with Crippen LogP contribution in [0.3, 0.4) is 0 Å². The highest BCUT2D eigenvalue weighted by Gasteiger charge is 2.28. The van der Waals surface area contributed by atoms with E-state index in [0.717, 1.165) is 25.8 Å². The highest BCUT2D eigenvalue weighted by molar-refractivity contribution is 5.92. The molecule has 110 valence electrons. The van der Waals surface area contributed by atoms with Gasteiger partial charge in [-0.3, -0.25) is 9.78 Å². The molecule has 0 aliphatic carbocycles. The van der Waals surface area contributed by atoms with Crippen molar-refractivity contribution in [3.63, 3.8) is 0 Å². The van der Waals surface area contributed by atoms with Crippen LogP contribution in [0, 0.1) is 0 Å². The molecule has 6 heteroatoms. The topological polar surface area (TPSA) is 72.1 Å². The van der Waals surface area contributed by atoms with Crippen molar-refractivity contribution >= 4 is 5.91 Å². The largest absolute Gasteiger partial charge is 0.339 e. The smallest absolute Gasteiger partial charge is 0.272 e. The maximum Gasteiger partial charge on any atom is 0.272 e. The first-order valence-corrected chi connectivity index (χ1v) is 7.30. The molecule has 1 atom stereocenters. The number of rotatable bonds is 3. The number of pyridine rings is 1. The number of likely N-dealkylation sites (tertiary alicyclic amines) is 1. The van der Waals surface area contributed by atoms with Crippen molar-refractivity contribution in [3.05, 3.63) is 41.8 Å². The standard InChI is InChI=1S/C15H18N4O2/c1-2-13-17-14(18-21-13)11-6-5-9-19(10-11)15(20)12-7-3-4-8-16-12/h3-4,7-8,11H,2,5-6,9-10H2,1H3. The molecule has 3 heterocycles. The van der Waals surface area contributed by atoms with Crippen LogP contribution in [0.2, 0.25) is 0 Å². The quantitative estimate of drug-likeness (QED) is 0.863. The molecule has 0 bridgehead atoms. The molecule has 0 radical (unpaired) electrons. The average molecular weight is 286 g/mol. The molecule has 0 aromatic carbocycles. The molecule has 1 amide bonds. The normalized spacial score (nSPS) is 18.7. The summed E-state index contributed by atoms with van der Waals surface area (Å²) in [5.41, 5.74) is 0.487. The molecule has 2 aromatic heterocycles. The number of amides is 1. The summed E-state index contributed by atoms with van der Waals surface area (Å²) in [5, 5.41) is 4.04. The van der Waals surface area contributed by atoms with E-state index < -0.39 is 0 Å². The SMILES string of the molecule is CCc1nc(C2CCCN(C(=O)c3ccccn3)C2)no1. The molecule has 0 N–H and O–H groups in total. The zero-order chi connectivity index (χ0) is 14.7. The Kier molecular flexibility index (Phi) is 3.94. The van der Waals surface area contributed by atoms with Crippen molar-refractivity contribution in [2.75, 3.05) is 13.1 Å². The van der Waals surface area contributed by atoms with Crippen LogP contribution in [0.5, 0.6) is 0 Å². The number of aryl methyl sites for hydroxylation is 1. The molecule has 1 aliphatic rings. The lowest BCUT2D eigenvalue weighted by Gasteiger charge is -2.31. The summed E-state index contributed by atoms with van der Waals surface area (Å²) in [4.78, 5) is 22.8. The molecule has 3 rings (SSSR count). The lowest BCUT2D eigenvalue weighted by Crippen LogP contribution is -2.39. The molecule has 1 aliphatic heterocycles. The third-order valence-electron chi connectivity index (χ3n) is 3.74. The van der Waals surface area contributed by atoms with Gasteiger partial charge in [-0.25, -0.2) is 0 Å². The van der Waals surface area contributed by atoms with Gasteiger partial charge in [-0.2, -0.15) is 4.98 Å². The number of hydrogen-bond acceptors (Lipinski definition) is 5. The first-order chi connectivity index (χ1) is 10.3. The van der Waals surface area contributed by atoms with Crippen molar-refractivity contribution in [2.24, 2.45) is 0 Å². The summed E-state index contributed by atoms with van der Waals surface area (Å²) in [6, 6.07) is 5.38. The number of aromatic nitrogens is 3. The molecule has 0 saturated carbocycles. The Morgan fingerprint density at radius 2 is 2.38 bits per heavy atom. The third kappa shape index (κ3) is 2.94. The molecule has 21 heavy (non-hydrogen) atoms. The summed E-state index contributed by atoms with van der Waals surface area (Å²) in [7, 11) is 0. The van der Waals surface area contributed by atoms with Gasteiger partial charge in [0, 0.05) is 31.6 Å². The fourth-order valence-electron chi connectivity index (χ4n) is 2.60. The zero-order valence-electron chi connectivity index (χ0n) is 12.0. The second-order valence-electron chi connectivity index (χ2n) is 5.21. The van der Waals surface area contributed by atoms with E-state index in [4.69, 9.17) is 4.52 Å². The molecule has 1 fully saturated rings. The Morgan fingerprint density at radius 3 is 3.10 bits per heavy atom. The first-order valence-electron chi connectivity index (χ1n) is 7.30. The number of carbonyl (C=O) groups excluding carboxylic acids is 1. The maximum absolute atomic E-state index is 12.4. The Labute approximate surface area is 123 Å². The number of piperidine rings is 1. The highest BCUT2D eigenvalue weighted by atomic mass is 16.5. The van der Waals surface area contributed by atoms with E-state index in [2.05, 4.69) is 15.1 Å². The van der Waals surface area contributed by atoms with Crippen LogP contribution in [-0.2, 0) is 6.42 Å². The minimum atomic E-state index is -0.0282. The van der Waals surface area contributed by atoms with E-state index in [9.17, 15) is 4.79 Å². The summed E-state index contributed by atoms with van der Waals surface area (Å²) >= 11 is 0. The minimum Gasteiger partial charge on any atom is -0.339 e. The van der Waals surface area contributed by atoms with Crippen LogP contribution in [0.1, 0.15) is 47.9 Å². The van der Waals surface area contributed by atoms with Crippen LogP contribution in [0.25, 0.3) is 0 Å². The van der Waals surface area contributed by atoms with Crippen molar-refractivity contribution in [3.8, 4) is 0 Å². The van der Waals surface area contributed by atoms with Gasteiger partial charge in [-0.15, -0.1) is 0 Å². The van der Waals surface area contributed by atoms with Crippen molar-refractivity contribution in [1.82, 2.24) is 20.0 Å². The summed E-state index contributed by atoms with van der Waals surface area (Å²) in [6.07, 6.45) is 4.30. The molecule has 1 saturated heterocycles. The van der Waals surface area contributed by atoms with Gasteiger partial charge in [0.2, 0.25) is 5.89 Å². The minimum absolute atomic E-state index is 0.0282. The number of nitrogens with zero attached hydrogens (tertiary/aromatic N) is 4. The van der Waals surface area contributed by atoms with Gasteiger partial charge in [-0.1, -0.05) is 18.1 Å².